The number of aromatic nitrogens is 3. The summed E-state index contributed by atoms with van der Waals surface area (Å²) in [5.41, 5.74) is -2.06. The molecule has 1 saturated carbocycles. The van der Waals surface area contributed by atoms with E-state index < -0.39 is 40.8 Å². The van der Waals surface area contributed by atoms with Crippen molar-refractivity contribution in [3.8, 4) is 5.75 Å². The molecule has 1 aliphatic heterocycles. The van der Waals surface area contributed by atoms with Gasteiger partial charge in [0, 0.05) is 23.7 Å². The monoisotopic (exact) mass is 580 g/mol. The third-order valence-electron chi connectivity index (χ3n) is 7.61. The van der Waals surface area contributed by atoms with Gasteiger partial charge in [0.25, 0.3) is 11.5 Å². The van der Waals surface area contributed by atoms with E-state index in [-0.39, 0.29) is 34.4 Å². The lowest BCUT2D eigenvalue weighted by atomic mass is 9.90. The van der Waals surface area contributed by atoms with E-state index in [1.165, 1.54) is 22.3 Å². The number of thioether (sulfide) groups is 1. The number of hydrogen-bond acceptors (Lipinski definition) is 6. The number of benzene rings is 1. The highest BCUT2D eigenvalue weighted by Crippen LogP contribution is 2.33. The molecule has 1 aromatic carbocycles. The molecule has 2 fully saturated rings. The molecule has 8 nitrogen and oxygen atoms in total. The highest BCUT2D eigenvalue weighted by molar-refractivity contribution is 7.99. The number of hydrogen-bond donors (Lipinski definition) is 1. The Morgan fingerprint density at radius 3 is 2.33 bits per heavy atom. The average Bonchev–Trinajstić information content (AvgIpc) is 2.94. The number of rotatable bonds is 5. The molecule has 3 aromatic rings. The van der Waals surface area contributed by atoms with Crippen LogP contribution in [0.3, 0.4) is 0 Å². The Kier molecular flexibility index (Phi) is 7.94. The van der Waals surface area contributed by atoms with Crippen LogP contribution >= 0.6 is 11.8 Å². The zero-order valence-electron chi connectivity index (χ0n) is 21.7. The van der Waals surface area contributed by atoms with Crippen molar-refractivity contribution in [1.82, 2.24) is 19.4 Å². The molecule has 40 heavy (non-hydrogen) atoms. The van der Waals surface area contributed by atoms with Gasteiger partial charge in [-0.2, -0.15) is 24.9 Å². The Morgan fingerprint density at radius 1 is 1.00 bits per heavy atom. The van der Waals surface area contributed by atoms with Crippen LogP contribution in [0.4, 0.5) is 17.6 Å². The molecule has 214 valence electrons. The third kappa shape index (κ3) is 5.61. The number of ether oxygens (including phenoxy) is 1. The molecule has 2 aromatic heterocycles. The molecule has 0 atom stereocenters. The van der Waals surface area contributed by atoms with E-state index in [9.17, 15) is 31.9 Å². The van der Waals surface area contributed by atoms with Crippen molar-refractivity contribution >= 4 is 28.7 Å². The Labute approximate surface area is 230 Å². The number of alkyl halides is 3. The number of nitrogens with zero attached hydrogens (tertiary/aromatic N) is 3. The molecule has 1 aliphatic carbocycles. The minimum absolute atomic E-state index is 0.0479. The predicted octanol–water partition coefficient (Wildman–Crippen LogP) is 4.71. The summed E-state index contributed by atoms with van der Waals surface area (Å²) < 4.78 is 61.6. The number of halogens is 4. The average molecular weight is 581 g/mol. The van der Waals surface area contributed by atoms with E-state index >= 15 is 0 Å². The quantitative estimate of drug-likeness (QED) is 0.440. The van der Waals surface area contributed by atoms with Crippen molar-refractivity contribution in [3.63, 3.8) is 0 Å². The molecule has 2 aliphatic rings. The van der Waals surface area contributed by atoms with Crippen molar-refractivity contribution in [3.05, 3.63) is 68.2 Å². The van der Waals surface area contributed by atoms with Crippen LogP contribution in [0, 0.1) is 5.82 Å². The first-order chi connectivity index (χ1) is 19.1. The zero-order valence-corrected chi connectivity index (χ0v) is 22.5. The third-order valence-corrected chi connectivity index (χ3v) is 8.66. The summed E-state index contributed by atoms with van der Waals surface area (Å²) in [6, 6.07) is 2.96. The van der Waals surface area contributed by atoms with Gasteiger partial charge >= 0.3 is 11.9 Å². The van der Waals surface area contributed by atoms with Crippen molar-refractivity contribution < 1.29 is 27.1 Å². The van der Waals surface area contributed by atoms with Gasteiger partial charge in [-0.1, -0.05) is 0 Å². The summed E-state index contributed by atoms with van der Waals surface area (Å²) in [4.78, 5) is 44.1. The molecule has 13 heteroatoms. The van der Waals surface area contributed by atoms with E-state index in [0.717, 1.165) is 48.7 Å². The fourth-order valence-corrected chi connectivity index (χ4v) is 6.64. The Morgan fingerprint density at radius 2 is 1.68 bits per heavy atom. The summed E-state index contributed by atoms with van der Waals surface area (Å²) >= 11 is 1.79. The van der Waals surface area contributed by atoms with Crippen molar-refractivity contribution in [2.45, 2.75) is 62.8 Å². The van der Waals surface area contributed by atoms with Crippen LogP contribution in [-0.2, 0) is 6.18 Å². The van der Waals surface area contributed by atoms with Crippen LogP contribution in [0.5, 0.6) is 5.75 Å². The number of pyridine rings is 1. The van der Waals surface area contributed by atoms with Crippen molar-refractivity contribution in [1.29, 1.82) is 0 Å². The standard InChI is InChI=1S/C27H28F4N4O4S/c1-39-21-11-15(10-16(12-21)27(29,30)31)24(36)33-18-2-4-19(5-3-18)35-25(37)22-13-17(28)14-32-23(22)34(26(35)38)20-6-8-40-9-7-20/h10-14,18-20H,2-9H2,1H3,(H,33,36). The zero-order chi connectivity index (χ0) is 28.6. The van der Waals surface area contributed by atoms with Crippen LogP contribution < -0.4 is 21.3 Å². The second-order valence-electron chi connectivity index (χ2n) is 10.1. The minimum Gasteiger partial charge on any atom is -0.497 e. The van der Waals surface area contributed by atoms with E-state index in [2.05, 4.69) is 10.3 Å². The maximum atomic E-state index is 14.1. The summed E-state index contributed by atoms with van der Waals surface area (Å²) in [7, 11) is 1.22. The molecule has 1 N–H and O–H groups in total. The van der Waals surface area contributed by atoms with E-state index in [1.54, 1.807) is 11.8 Å². The van der Waals surface area contributed by atoms with Crippen LogP contribution in [0.1, 0.15) is 66.5 Å². The summed E-state index contributed by atoms with van der Waals surface area (Å²) in [5, 5.41) is 2.82. The minimum atomic E-state index is -4.64. The molecule has 0 unspecified atom stereocenters. The second kappa shape index (κ2) is 11.3. The summed E-state index contributed by atoms with van der Waals surface area (Å²) in [6.45, 7) is 0. The normalized spacial score (nSPS) is 20.4. The maximum Gasteiger partial charge on any atom is 0.416 e. The Balaban J connectivity index is 1.38. The number of methoxy groups -OCH3 is 1. The molecular weight excluding hydrogens is 552 g/mol. The lowest BCUT2D eigenvalue weighted by molar-refractivity contribution is -0.137. The van der Waals surface area contributed by atoms with Gasteiger partial charge in [-0.05, 0) is 74.3 Å². The van der Waals surface area contributed by atoms with Gasteiger partial charge in [0.15, 0.2) is 0 Å². The van der Waals surface area contributed by atoms with Crippen molar-refractivity contribution in [2.24, 2.45) is 0 Å². The van der Waals surface area contributed by atoms with Gasteiger partial charge in [-0.3, -0.25) is 18.7 Å². The Hall–Kier alpha value is -3.35. The highest BCUT2D eigenvalue weighted by atomic mass is 32.2. The van der Waals surface area contributed by atoms with Gasteiger partial charge in [0.2, 0.25) is 0 Å². The Bertz CT molecular complexity index is 1540. The summed E-state index contributed by atoms with van der Waals surface area (Å²) in [5.74, 6) is 0.300. The van der Waals surface area contributed by atoms with Gasteiger partial charge in [0.05, 0.1) is 24.3 Å². The predicted molar refractivity (Wildman–Crippen MR) is 143 cm³/mol. The van der Waals surface area contributed by atoms with E-state index in [0.29, 0.717) is 25.7 Å². The summed E-state index contributed by atoms with van der Waals surface area (Å²) in [6.07, 6.45) is -0.618. The van der Waals surface area contributed by atoms with Gasteiger partial charge in [-0.15, -0.1) is 0 Å². The molecule has 1 amide bonds. The lowest BCUT2D eigenvalue weighted by Gasteiger charge is -2.31. The van der Waals surface area contributed by atoms with Crippen LogP contribution in [0.15, 0.2) is 40.1 Å². The SMILES string of the molecule is COc1cc(C(=O)NC2CCC(n3c(=O)c4cc(F)cnc4n(C4CCSCC4)c3=O)CC2)cc(C(F)(F)F)c1. The number of fused-ring (bicyclic) bond motifs is 1. The number of amides is 1. The number of carbonyl (C=O) groups excluding carboxylic acids is 1. The van der Waals surface area contributed by atoms with Crippen LogP contribution in [0.2, 0.25) is 0 Å². The smallest absolute Gasteiger partial charge is 0.416 e. The first kappa shape index (κ1) is 28.2. The second-order valence-corrected chi connectivity index (χ2v) is 11.3. The van der Waals surface area contributed by atoms with Crippen LogP contribution in [-0.4, -0.2) is 44.7 Å². The molecule has 0 bridgehead atoms. The van der Waals surface area contributed by atoms with Gasteiger partial charge in [-0.25, -0.2) is 14.2 Å². The van der Waals surface area contributed by atoms with E-state index in [1.807, 2.05) is 0 Å². The van der Waals surface area contributed by atoms with Crippen molar-refractivity contribution in [2.75, 3.05) is 18.6 Å². The van der Waals surface area contributed by atoms with E-state index in [4.69, 9.17) is 4.74 Å². The largest absolute Gasteiger partial charge is 0.497 e. The lowest BCUT2D eigenvalue weighted by Crippen LogP contribution is -2.46. The number of carbonyl (C=O) groups is 1. The highest BCUT2D eigenvalue weighted by Gasteiger charge is 2.33. The molecule has 1 saturated heterocycles. The molecule has 5 rings (SSSR count). The topological polar surface area (TPSA) is 95.2 Å². The fraction of sp³-hybridized carbons (Fsp3) is 0.481. The molecule has 3 heterocycles. The van der Waals surface area contributed by atoms with Gasteiger partial charge in [0.1, 0.15) is 17.2 Å². The molecular formula is C27H28F4N4O4S. The first-order valence-corrected chi connectivity index (χ1v) is 14.2. The fourth-order valence-electron chi connectivity index (χ4n) is 5.56. The van der Waals surface area contributed by atoms with Crippen LogP contribution in [0.25, 0.3) is 11.0 Å². The maximum absolute atomic E-state index is 14.1. The number of nitrogens with one attached hydrogen (secondary N) is 1. The molecule has 0 radical (unpaired) electrons. The molecule has 0 spiro atoms. The first-order valence-electron chi connectivity index (χ1n) is 13.0. The van der Waals surface area contributed by atoms with Gasteiger partial charge < -0.3 is 10.1 Å².